The fourth-order valence-electron chi connectivity index (χ4n) is 3.51. The van der Waals surface area contributed by atoms with Crippen molar-refractivity contribution in [2.24, 2.45) is 0 Å². The van der Waals surface area contributed by atoms with E-state index in [0.717, 1.165) is 49.1 Å². The van der Waals surface area contributed by atoms with E-state index in [1.807, 2.05) is 0 Å². The normalized spacial score (nSPS) is 20.9. The van der Waals surface area contributed by atoms with Gasteiger partial charge in [-0.25, -0.2) is 4.98 Å². The van der Waals surface area contributed by atoms with Crippen molar-refractivity contribution in [2.45, 2.75) is 38.6 Å². The molecule has 1 fully saturated rings. The molecule has 1 aliphatic heterocycles. The maximum atomic E-state index is 6.21. The molecule has 6 heteroatoms. The Morgan fingerprint density at radius 1 is 1.19 bits per heavy atom. The summed E-state index contributed by atoms with van der Waals surface area (Å²) < 4.78 is 0. The van der Waals surface area contributed by atoms with Crippen molar-refractivity contribution < 1.29 is 0 Å². The monoisotopic (exact) mass is 284 g/mol. The van der Waals surface area contributed by atoms with Gasteiger partial charge in [-0.15, -0.1) is 0 Å². The Bertz CT molecular complexity index is 705. The molecular weight excluding hydrogens is 264 g/mol. The van der Waals surface area contributed by atoms with Crippen LogP contribution in [0.2, 0.25) is 0 Å². The van der Waals surface area contributed by atoms with Crippen molar-refractivity contribution in [3.8, 4) is 0 Å². The van der Waals surface area contributed by atoms with E-state index < -0.39 is 0 Å². The van der Waals surface area contributed by atoms with Crippen LogP contribution in [0.1, 0.15) is 29.7 Å². The van der Waals surface area contributed by atoms with Crippen molar-refractivity contribution in [2.75, 3.05) is 24.1 Å². The van der Waals surface area contributed by atoms with Gasteiger partial charge in [-0.3, -0.25) is 0 Å². The lowest BCUT2D eigenvalue weighted by molar-refractivity contribution is 0.782. The average molecular weight is 284 g/mol. The molecule has 4 rings (SSSR count). The Hall–Kier alpha value is -1.95. The smallest absolute Gasteiger partial charge is 0.226 e. The number of nitrogens with zero attached hydrogens (tertiary/aromatic N) is 3. The van der Waals surface area contributed by atoms with E-state index in [0.29, 0.717) is 17.8 Å². The Morgan fingerprint density at radius 3 is 2.86 bits per heavy atom. The molecule has 1 atom stereocenters. The van der Waals surface area contributed by atoms with Crippen LogP contribution >= 0.6 is 0 Å². The maximum Gasteiger partial charge on any atom is 0.226 e. The largest absolute Gasteiger partial charge is 0.383 e. The maximum absolute atomic E-state index is 6.21. The summed E-state index contributed by atoms with van der Waals surface area (Å²) in [5, 5.41) is 7.64. The first-order chi connectivity index (χ1) is 10.2. The molecule has 2 aromatic heterocycles. The molecule has 1 saturated heterocycles. The minimum absolute atomic E-state index is 0.373. The van der Waals surface area contributed by atoms with E-state index in [-0.39, 0.29) is 0 Å². The van der Waals surface area contributed by atoms with Crippen LogP contribution in [0.25, 0.3) is 11.0 Å². The second kappa shape index (κ2) is 4.80. The Kier molecular flexibility index (Phi) is 2.92. The van der Waals surface area contributed by atoms with Gasteiger partial charge >= 0.3 is 0 Å². The summed E-state index contributed by atoms with van der Waals surface area (Å²) in [5.74, 6) is 1.15. The fourth-order valence-corrected chi connectivity index (χ4v) is 3.51. The summed E-state index contributed by atoms with van der Waals surface area (Å²) in [6.45, 7) is 4.04. The van der Waals surface area contributed by atoms with Crippen molar-refractivity contribution in [1.29, 1.82) is 0 Å². The second-order valence-corrected chi connectivity index (χ2v) is 5.97. The minimum Gasteiger partial charge on any atom is -0.383 e. The Labute approximate surface area is 123 Å². The molecule has 6 nitrogen and oxygen atoms in total. The number of aryl methyl sites for hydroxylation is 2. The third-order valence-corrected chi connectivity index (χ3v) is 4.54. The average Bonchev–Trinajstić information content (AvgIpc) is 3.09. The highest BCUT2D eigenvalue weighted by atomic mass is 15.2. The molecule has 0 aromatic carbocycles. The number of fused-ring (bicyclic) bond motifs is 3. The van der Waals surface area contributed by atoms with Crippen molar-refractivity contribution in [3.63, 3.8) is 0 Å². The second-order valence-electron chi connectivity index (χ2n) is 5.97. The van der Waals surface area contributed by atoms with E-state index in [2.05, 4.69) is 32.5 Å². The molecule has 2 aliphatic rings. The summed E-state index contributed by atoms with van der Waals surface area (Å²) in [6, 6.07) is 0.373. The summed E-state index contributed by atoms with van der Waals surface area (Å²) >= 11 is 0. The molecule has 0 spiro atoms. The van der Waals surface area contributed by atoms with Gasteiger partial charge in [-0.1, -0.05) is 0 Å². The third-order valence-electron chi connectivity index (χ3n) is 4.54. The van der Waals surface area contributed by atoms with Crippen molar-refractivity contribution in [3.05, 3.63) is 16.8 Å². The predicted molar refractivity (Wildman–Crippen MR) is 83.4 cm³/mol. The number of hydrogen-bond donors (Lipinski definition) is 3. The van der Waals surface area contributed by atoms with Crippen molar-refractivity contribution >= 4 is 22.8 Å². The van der Waals surface area contributed by atoms with Gasteiger partial charge in [0.1, 0.15) is 5.82 Å². The number of hydrogen-bond acceptors (Lipinski definition) is 6. The highest BCUT2D eigenvalue weighted by molar-refractivity contribution is 5.91. The summed E-state index contributed by atoms with van der Waals surface area (Å²) in [7, 11) is 0. The Balaban J connectivity index is 1.80. The summed E-state index contributed by atoms with van der Waals surface area (Å²) in [4.78, 5) is 13.7. The lowest BCUT2D eigenvalue weighted by atomic mass is 10.1. The van der Waals surface area contributed by atoms with Gasteiger partial charge in [0.15, 0.2) is 5.65 Å². The van der Waals surface area contributed by atoms with Crippen LogP contribution in [0.4, 0.5) is 11.8 Å². The number of nitrogen functional groups attached to an aromatic ring is 1. The molecule has 110 valence electrons. The lowest BCUT2D eigenvalue weighted by Crippen LogP contribution is -2.23. The van der Waals surface area contributed by atoms with Crippen LogP contribution in [0.3, 0.4) is 0 Å². The number of pyridine rings is 1. The molecule has 0 unspecified atom stereocenters. The lowest BCUT2D eigenvalue weighted by Gasteiger charge is -2.14. The highest BCUT2D eigenvalue weighted by Crippen LogP contribution is 2.33. The van der Waals surface area contributed by atoms with Gasteiger partial charge in [0.05, 0.1) is 5.39 Å². The minimum atomic E-state index is 0.373. The number of rotatable bonds is 2. The van der Waals surface area contributed by atoms with Gasteiger partial charge in [0.25, 0.3) is 0 Å². The van der Waals surface area contributed by atoms with Gasteiger partial charge in [0, 0.05) is 18.3 Å². The Morgan fingerprint density at radius 2 is 2.05 bits per heavy atom. The molecular formula is C15H20N6. The van der Waals surface area contributed by atoms with Crippen LogP contribution in [0, 0.1) is 6.92 Å². The summed E-state index contributed by atoms with van der Waals surface area (Å²) in [6.07, 6.45) is 4.40. The van der Waals surface area contributed by atoms with Crippen LogP contribution < -0.4 is 16.4 Å². The third kappa shape index (κ3) is 2.10. The summed E-state index contributed by atoms with van der Waals surface area (Å²) in [5.41, 5.74) is 10.7. The van der Waals surface area contributed by atoms with Crippen LogP contribution in [0.5, 0.6) is 0 Å². The zero-order valence-electron chi connectivity index (χ0n) is 12.2. The standard InChI is InChI=1S/C15H20N6/c1-8-10-3-2-4-11(10)12-13(16)20-15(21-14(12)18-8)19-9-5-6-17-7-9/h9,17H,2-7H2,1H3,(H3,16,18,19,20,21)/t9-/m1/s1. The van der Waals surface area contributed by atoms with Crippen molar-refractivity contribution in [1.82, 2.24) is 20.3 Å². The molecule has 0 amide bonds. The highest BCUT2D eigenvalue weighted by Gasteiger charge is 2.22. The quantitative estimate of drug-likeness (QED) is 0.767. The molecule has 0 saturated carbocycles. The zero-order valence-corrected chi connectivity index (χ0v) is 12.2. The van der Waals surface area contributed by atoms with Crippen LogP contribution in [0.15, 0.2) is 0 Å². The topological polar surface area (TPSA) is 88.8 Å². The van der Waals surface area contributed by atoms with E-state index in [9.17, 15) is 0 Å². The first-order valence-corrected chi connectivity index (χ1v) is 7.65. The molecule has 0 bridgehead atoms. The fraction of sp³-hybridized carbons (Fsp3) is 0.533. The molecule has 21 heavy (non-hydrogen) atoms. The SMILES string of the molecule is Cc1nc2nc(N[C@@H]3CCNC3)nc(N)c2c2c1CCC2. The molecule has 0 radical (unpaired) electrons. The van der Waals surface area contributed by atoms with E-state index in [4.69, 9.17) is 5.73 Å². The van der Waals surface area contributed by atoms with Gasteiger partial charge < -0.3 is 16.4 Å². The van der Waals surface area contributed by atoms with Gasteiger partial charge in [-0.2, -0.15) is 9.97 Å². The molecule has 2 aromatic rings. The van der Waals surface area contributed by atoms with Gasteiger partial charge in [-0.05, 0) is 50.3 Å². The number of aromatic nitrogens is 3. The van der Waals surface area contributed by atoms with Crippen LogP contribution in [-0.4, -0.2) is 34.1 Å². The number of nitrogens with two attached hydrogens (primary N) is 1. The first-order valence-electron chi connectivity index (χ1n) is 7.65. The van der Waals surface area contributed by atoms with Crippen LogP contribution in [-0.2, 0) is 12.8 Å². The number of anilines is 2. The number of nitrogens with one attached hydrogen (secondary N) is 2. The van der Waals surface area contributed by atoms with E-state index >= 15 is 0 Å². The zero-order chi connectivity index (χ0) is 14.4. The predicted octanol–water partition coefficient (Wildman–Crippen LogP) is 1.18. The van der Waals surface area contributed by atoms with Gasteiger partial charge in [0.2, 0.25) is 5.95 Å². The van der Waals surface area contributed by atoms with E-state index in [1.54, 1.807) is 0 Å². The molecule has 3 heterocycles. The first kappa shape index (κ1) is 12.8. The molecule has 1 aliphatic carbocycles. The van der Waals surface area contributed by atoms with E-state index in [1.165, 1.54) is 17.5 Å². The molecule has 4 N–H and O–H groups in total.